The molecule has 0 aliphatic carbocycles. The second-order valence-electron chi connectivity index (χ2n) is 6.85. The first-order valence-corrected chi connectivity index (χ1v) is 9.32. The number of hydrogen-bond acceptors (Lipinski definition) is 4. The molecule has 0 saturated heterocycles. The van der Waals surface area contributed by atoms with Gasteiger partial charge in [0.15, 0.2) is 0 Å². The summed E-state index contributed by atoms with van der Waals surface area (Å²) in [6.07, 6.45) is 6.36. The minimum atomic E-state index is 0.0602. The Labute approximate surface area is 163 Å². The Bertz CT molecular complexity index is 1110. The Kier molecular flexibility index (Phi) is 4.01. The third kappa shape index (κ3) is 2.79. The van der Waals surface area contributed by atoms with Gasteiger partial charge in [-0.1, -0.05) is 48.5 Å². The van der Waals surface area contributed by atoms with Crippen LogP contribution < -0.4 is 5.43 Å². The molecule has 1 atom stereocenters. The number of rotatable bonds is 4. The monoisotopic (exact) mass is 368 g/mol. The molecule has 0 bridgehead atoms. The van der Waals surface area contributed by atoms with Gasteiger partial charge in [-0.3, -0.25) is 4.57 Å². The van der Waals surface area contributed by atoms with E-state index in [2.05, 4.69) is 46.7 Å². The number of hydrogen-bond donors (Lipinski definition) is 1. The van der Waals surface area contributed by atoms with Crippen LogP contribution in [0.4, 0.5) is 0 Å². The van der Waals surface area contributed by atoms with Gasteiger partial charge in [0.25, 0.3) is 0 Å². The molecule has 0 saturated carbocycles. The highest BCUT2D eigenvalue weighted by Crippen LogP contribution is 2.33. The zero-order valence-electron chi connectivity index (χ0n) is 15.5. The number of nitrogens with zero attached hydrogens (tertiary/aromatic N) is 5. The zero-order valence-corrected chi connectivity index (χ0v) is 15.5. The van der Waals surface area contributed by atoms with E-state index in [1.807, 2.05) is 58.2 Å². The lowest BCUT2D eigenvalue weighted by Crippen LogP contribution is -2.14. The van der Waals surface area contributed by atoms with E-state index in [0.29, 0.717) is 0 Å². The minimum absolute atomic E-state index is 0.0602. The third-order valence-corrected chi connectivity index (χ3v) is 5.04. The maximum Gasteiger partial charge on any atom is 0.147 e. The Morgan fingerprint density at radius 3 is 2.46 bits per heavy atom. The highest BCUT2D eigenvalue weighted by molar-refractivity contribution is 6.01. The quantitative estimate of drug-likeness (QED) is 0.596. The number of imidazole rings is 1. The largest absolute Gasteiger partial charge is 0.302 e. The van der Waals surface area contributed by atoms with Crippen molar-refractivity contribution in [3.8, 4) is 11.5 Å². The molecule has 138 valence electrons. The maximum atomic E-state index is 4.86. The average molecular weight is 368 g/mol. The molecule has 1 aliphatic heterocycles. The van der Waals surface area contributed by atoms with Crippen LogP contribution in [0.5, 0.6) is 0 Å². The van der Waals surface area contributed by atoms with Crippen LogP contribution in [0.2, 0.25) is 0 Å². The fraction of sp³-hybridized carbons (Fsp3) is 0.136. The predicted octanol–water partition coefficient (Wildman–Crippen LogP) is 3.81. The number of para-hydroxylation sites is 1. The van der Waals surface area contributed by atoms with Crippen LogP contribution >= 0.6 is 0 Å². The van der Waals surface area contributed by atoms with Gasteiger partial charge in [0, 0.05) is 24.4 Å². The van der Waals surface area contributed by atoms with Crippen LogP contribution in [-0.4, -0.2) is 25.0 Å². The van der Waals surface area contributed by atoms with Gasteiger partial charge >= 0.3 is 0 Å². The topological polar surface area (TPSA) is 60.0 Å². The van der Waals surface area contributed by atoms with Crippen molar-refractivity contribution in [1.29, 1.82) is 0 Å². The molecule has 3 heterocycles. The number of aryl methyl sites for hydroxylation is 1. The Balaban J connectivity index is 1.58. The fourth-order valence-corrected chi connectivity index (χ4v) is 3.74. The van der Waals surface area contributed by atoms with E-state index in [4.69, 9.17) is 5.10 Å². The second-order valence-corrected chi connectivity index (χ2v) is 6.85. The van der Waals surface area contributed by atoms with Gasteiger partial charge in [0.05, 0.1) is 23.1 Å². The lowest BCUT2D eigenvalue weighted by Gasteiger charge is -2.14. The molecule has 6 nitrogen and oxygen atoms in total. The summed E-state index contributed by atoms with van der Waals surface area (Å²) in [5, 5.41) is 9.47. The predicted molar refractivity (Wildman–Crippen MR) is 109 cm³/mol. The van der Waals surface area contributed by atoms with Gasteiger partial charge in [-0.15, -0.1) is 0 Å². The molecule has 6 heteroatoms. The van der Waals surface area contributed by atoms with Crippen LogP contribution in [-0.2, 0) is 0 Å². The smallest absolute Gasteiger partial charge is 0.147 e. The molecule has 1 N–H and O–H groups in total. The minimum Gasteiger partial charge on any atom is -0.302 e. The summed E-state index contributed by atoms with van der Waals surface area (Å²) >= 11 is 0. The summed E-state index contributed by atoms with van der Waals surface area (Å²) in [5.41, 5.74) is 8.68. The number of nitrogens with one attached hydrogen (secondary N) is 1. The van der Waals surface area contributed by atoms with E-state index in [1.165, 1.54) is 0 Å². The first-order chi connectivity index (χ1) is 13.8. The lowest BCUT2D eigenvalue weighted by molar-refractivity contribution is 0.612. The summed E-state index contributed by atoms with van der Waals surface area (Å²) in [7, 11) is 0. The van der Waals surface area contributed by atoms with Crippen molar-refractivity contribution in [2.24, 2.45) is 5.10 Å². The molecule has 1 unspecified atom stereocenters. The molecule has 2 aromatic carbocycles. The Morgan fingerprint density at radius 2 is 1.75 bits per heavy atom. The van der Waals surface area contributed by atoms with E-state index in [1.54, 1.807) is 6.20 Å². The molecule has 2 aromatic heterocycles. The van der Waals surface area contributed by atoms with E-state index in [-0.39, 0.29) is 6.04 Å². The standard InChI is InChI=1S/C22H20N6/c1-16-21(20-14-19(24-25-20)17-8-4-2-5-9-17)22(27-13-12-23-15-27)28(26-16)18-10-6-3-7-11-18/h2-13,15,20,25H,14H2,1H3. The molecule has 0 radical (unpaired) electrons. The van der Waals surface area contributed by atoms with Crippen molar-refractivity contribution < 1.29 is 0 Å². The molecule has 0 spiro atoms. The first kappa shape index (κ1) is 16.5. The normalized spacial score (nSPS) is 16.0. The Hall–Kier alpha value is -3.67. The molecule has 4 aromatic rings. The van der Waals surface area contributed by atoms with Crippen molar-refractivity contribution in [1.82, 2.24) is 24.8 Å². The lowest BCUT2D eigenvalue weighted by atomic mass is 9.99. The van der Waals surface area contributed by atoms with Gasteiger partial charge in [0.1, 0.15) is 12.1 Å². The Morgan fingerprint density at radius 1 is 1.00 bits per heavy atom. The van der Waals surface area contributed by atoms with Crippen molar-refractivity contribution in [3.05, 3.63) is 96.2 Å². The summed E-state index contributed by atoms with van der Waals surface area (Å²) < 4.78 is 4.00. The fourth-order valence-electron chi connectivity index (χ4n) is 3.74. The summed E-state index contributed by atoms with van der Waals surface area (Å²) in [5.74, 6) is 0.989. The van der Waals surface area contributed by atoms with Crippen LogP contribution in [0, 0.1) is 6.92 Å². The summed E-state index contributed by atoms with van der Waals surface area (Å²) in [4.78, 5) is 4.25. The first-order valence-electron chi connectivity index (χ1n) is 9.32. The second kappa shape index (κ2) is 6.81. The van der Waals surface area contributed by atoms with Crippen molar-refractivity contribution >= 4 is 5.71 Å². The maximum absolute atomic E-state index is 4.86. The van der Waals surface area contributed by atoms with Crippen molar-refractivity contribution in [3.63, 3.8) is 0 Å². The number of hydrazone groups is 1. The van der Waals surface area contributed by atoms with Gasteiger partial charge in [-0.25, -0.2) is 9.67 Å². The highest BCUT2D eigenvalue weighted by atomic mass is 15.4. The summed E-state index contributed by atoms with van der Waals surface area (Å²) in [6, 6.07) is 20.5. The van der Waals surface area contributed by atoms with Crippen LogP contribution in [0.25, 0.3) is 11.5 Å². The van der Waals surface area contributed by atoms with E-state index in [9.17, 15) is 0 Å². The SMILES string of the molecule is Cc1nn(-c2ccccc2)c(-n2ccnc2)c1C1CC(c2ccccc2)=NN1. The summed E-state index contributed by atoms with van der Waals surface area (Å²) in [6.45, 7) is 2.05. The van der Waals surface area contributed by atoms with Gasteiger partial charge in [-0.2, -0.15) is 10.2 Å². The van der Waals surface area contributed by atoms with Gasteiger partial charge in [0.2, 0.25) is 0 Å². The highest BCUT2D eigenvalue weighted by Gasteiger charge is 2.29. The molecule has 0 fully saturated rings. The van der Waals surface area contributed by atoms with E-state index in [0.717, 1.165) is 40.5 Å². The molecular weight excluding hydrogens is 348 g/mol. The van der Waals surface area contributed by atoms with Crippen molar-refractivity contribution in [2.75, 3.05) is 0 Å². The molecular formula is C22H20N6. The van der Waals surface area contributed by atoms with Crippen molar-refractivity contribution in [2.45, 2.75) is 19.4 Å². The number of benzene rings is 2. The van der Waals surface area contributed by atoms with E-state index < -0.39 is 0 Å². The van der Waals surface area contributed by atoms with Gasteiger partial charge < -0.3 is 5.43 Å². The van der Waals surface area contributed by atoms with Crippen LogP contribution in [0.15, 0.2) is 84.5 Å². The number of aromatic nitrogens is 4. The van der Waals surface area contributed by atoms with Crippen LogP contribution in [0.3, 0.4) is 0 Å². The third-order valence-electron chi connectivity index (χ3n) is 5.04. The molecule has 28 heavy (non-hydrogen) atoms. The zero-order chi connectivity index (χ0) is 18.9. The average Bonchev–Trinajstić information content (AvgIpc) is 3.49. The molecule has 0 amide bonds. The van der Waals surface area contributed by atoms with Gasteiger partial charge in [-0.05, 0) is 24.6 Å². The van der Waals surface area contributed by atoms with E-state index >= 15 is 0 Å². The van der Waals surface area contributed by atoms with Crippen LogP contribution in [0.1, 0.15) is 29.3 Å². The molecule has 1 aliphatic rings. The molecule has 5 rings (SSSR count).